The molecule has 1 aromatic rings. The topological polar surface area (TPSA) is 270 Å². The van der Waals surface area contributed by atoms with Crippen molar-refractivity contribution >= 4 is 82.5 Å². The highest BCUT2D eigenvalue weighted by molar-refractivity contribution is 6.31. The zero-order valence-corrected chi connectivity index (χ0v) is 61.1. The van der Waals surface area contributed by atoms with E-state index in [-0.39, 0.29) is 76.3 Å². The van der Waals surface area contributed by atoms with Crippen LogP contribution < -0.4 is 16.0 Å². The fraction of sp³-hybridized carbons (Fsp3) is 0.746. The quantitative estimate of drug-likeness (QED) is 0.230. The summed E-state index contributed by atoms with van der Waals surface area (Å²) < 4.78 is 41.6. The van der Waals surface area contributed by atoms with Gasteiger partial charge in [-0.25, -0.2) is 0 Å². The van der Waals surface area contributed by atoms with Crippen LogP contribution in [0.5, 0.6) is 0 Å². The molecule has 552 valence electrons. The number of likely N-dealkylation sites (N-methyl/N-ethyl adjacent to an activating group) is 6. The number of aryl methyl sites for hydroxylation is 1. The number of nitrogens with one attached hydrogen (secondary N) is 3. The van der Waals surface area contributed by atoms with Gasteiger partial charge in [0.15, 0.2) is 0 Å². The normalized spacial score (nSPS) is 28.0. The third kappa shape index (κ3) is 18.4. The van der Waals surface area contributed by atoms with Crippen LogP contribution >= 0.6 is 11.6 Å². The van der Waals surface area contributed by atoms with Crippen LogP contribution in [0, 0.1) is 23.7 Å². The van der Waals surface area contributed by atoms with E-state index in [4.69, 9.17) is 11.6 Å². The molecule has 4 aliphatic heterocycles. The van der Waals surface area contributed by atoms with Gasteiger partial charge in [-0.2, -0.15) is 13.2 Å². The van der Waals surface area contributed by atoms with E-state index in [0.29, 0.717) is 57.2 Å². The molecule has 6 fully saturated rings. The Kier molecular flexibility index (Phi) is 27.3. The third-order valence-electron chi connectivity index (χ3n) is 22.2. The highest BCUT2D eigenvalue weighted by Crippen LogP contribution is 2.38. The van der Waals surface area contributed by atoms with Gasteiger partial charge in [0.1, 0.15) is 59.9 Å². The Labute approximate surface area is 586 Å². The fourth-order valence-corrected chi connectivity index (χ4v) is 15.4. The molecule has 0 bridgehead atoms. The molecule has 11 atom stereocenters. The molecule has 1 aromatic carbocycles. The predicted molar refractivity (Wildman–Crippen MR) is 364 cm³/mol. The lowest BCUT2D eigenvalue weighted by Gasteiger charge is -2.45. The number of halogens is 4. The van der Waals surface area contributed by atoms with Crippen LogP contribution in [0.15, 0.2) is 18.2 Å². The lowest BCUT2D eigenvalue weighted by molar-refractivity contribution is -0.160. The predicted octanol–water partition coefficient (Wildman–Crippen LogP) is 5.64. The Morgan fingerprint density at radius 2 is 1.27 bits per heavy atom. The van der Waals surface area contributed by atoms with Crippen molar-refractivity contribution < 1.29 is 70.7 Å². The van der Waals surface area contributed by atoms with Crippen LogP contribution in [0.4, 0.5) is 13.2 Å². The Hall–Kier alpha value is -7.06. The maximum absolute atomic E-state index is 15.5. The summed E-state index contributed by atoms with van der Waals surface area (Å²) in [4.78, 5) is 191. The summed E-state index contributed by atoms with van der Waals surface area (Å²) in [7, 11) is 8.60. The first-order chi connectivity index (χ1) is 46.6. The third-order valence-corrected chi connectivity index (χ3v) is 22.5. The van der Waals surface area contributed by atoms with E-state index in [1.165, 1.54) is 94.5 Å². The number of hydrogen-bond acceptors (Lipinski definition) is 12. The molecule has 6 aliphatic rings. The van der Waals surface area contributed by atoms with Crippen LogP contribution in [0.2, 0.25) is 5.02 Å². The van der Waals surface area contributed by atoms with Gasteiger partial charge in [0.05, 0.1) is 23.6 Å². The Morgan fingerprint density at radius 3 is 1.84 bits per heavy atom. The van der Waals surface area contributed by atoms with Crippen molar-refractivity contribution in [1.82, 2.24) is 60.0 Å². The second kappa shape index (κ2) is 34.1. The minimum Gasteiger partial charge on any atom is -0.343 e. The Morgan fingerprint density at radius 1 is 0.636 bits per heavy atom. The lowest BCUT2D eigenvalue weighted by atomic mass is 9.84. The van der Waals surface area contributed by atoms with Crippen LogP contribution in [0.1, 0.15) is 182 Å². The monoisotopic (exact) mass is 1410 g/mol. The smallest absolute Gasteiger partial charge is 0.343 e. The Bertz CT molecular complexity index is 3140. The van der Waals surface area contributed by atoms with E-state index in [9.17, 15) is 51.5 Å². The van der Waals surface area contributed by atoms with Crippen molar-refractivity contribution in [2.45, 2.75) is 243 Å². The van der Waals surface area contributed by atoms with Crippen LogP contribution in [0.3, 0.4) is 0 Å². The number of likely N-dealkylation sites (tertiary alicyclic amines) is 1. The summed E-state index contributed by atoms with van der Waals surface area (Å²) in [5, 5.41) is 8.16. The lowest BCUT2D eigenvalue weighted by Crippen LogP contribution is -2.65. The SMILES string of the molecule is CC[C@H](C)[C@@H]1NC(=O)[C@H](CC(C)C)N(C)C(=O)C[C@@H](C(=O)N2CCC2)N(C)C(=O)[C@H]([C@@H](C)CC)N(C)C(=O)C2(CCCC2)NC(=O)[C@@H]2CCCN2C(=O)[C@H](CCc2ccc(C(F)(F)F)c(Cl)c2)NC(=O)CN(C)C(=O)[C@H](CC2CCCCC2)N(C)C(=O)[C@@H]2CCN2C(=O)[C@H](C)N(C)C1=O. The van der Waals surface area contributed by atoms with Gasteiger partial charge in [-0.15, -0.1) is 0 Å². The average Bonchev–Trinajstić information content (AvgIpc) is 1.74. The zero-order chi connectivity index (χ0) is 73.3. The second-order valence-corrected chi connectivity index (χ2v) is 29.8. The molecule has 0 unspecified atom stereocenters. The molecule has 4 heterocycles. The van der Waals surface area contributed by atoms with Gasteiger partial charge in [-0.3, -0.25) is 57.5 Å². The van der Waals surface area contributed by atoms with Crippen molar-refractivity contribution in [2.24, 2.45) is 23.7 Å². The van der Waals surface area contributed by atoms with E-state index in [1.54, 1.807) is 13.8 Å². The summed E-state index contributed by atoms with van der Waals surface area (Å²) in [6.07, 6.45) is 2.61. The van der Waals surface area contributed by atoms with Gasteiger partial charge < -0.3 is 60.0 Å². The molecule has 99 heavy (non-hydrogen) atoms. The second-order valence-electron chi connectivity index (χ2n) is 29.4. The Balaban J connectivity index is 1.28. The van der Waals surface area contributed by atoms with Crippen molar-refractivity contribution in [1.29, 1.82) is 0 Å². The maximum atomic E-state index is 15.5. The van der Waals surface area contributed by atoms with E-state index in [2.05, 4.69) is 16.0 Å². The van der Waals surface area contributed by atoms with Crippen molar-refractivity contribution in [3.05, 3.63) is 34.3 Å². The van der Waals surface area contributed by atoms with Crippen molar-refractivity contribution in [2.75, 3.05) is 75.0 Å². The van der Waals surface area contributed by atoms with E-state index >= 15 is 19.2 Å². The number of benzene rings is 1. The molecule has 2 aliphatic carbocycles. The van der Waals surface area contributed by atoms with E-state index in [0.717, 1.165) is 49.1 Å². The number of carbonyl (C=O) groups excluding carboxylic acids is 12. The molecule has 12 amide bonds. The average molecular weight is 1410 g/mol. The van der Waals surface area contributed by atoms with Gasteiger partial charge in [0, 0.05) is 68.5 Å². The minimum absolute atomic E-state index is 0.0232. The summed E-state index contributed by atoms with van der Waals surface area (Å²) in [6.45, 7) is 12.8. The molecule has 2 saturated carbocycles. The largest absolute Gasteiger partial charge is 0.417 e. The maximum Gasteiger partial charge on any atom is 0.417 e. The van der Waals surface area contributed by atoms with Crippen LogP contribution in [-0.2, 0) is 70.1 Å². The summed E-state index contributed by atoms with van der Waals surface area (Å²) in [5.74, 6) is -8.82. The van der Waals surface area contributed by atoms with Crippen LogP contribution in [-0.4, -0.2) is 250 Å². The molecule has 7 rings (SSSR count). The van der Waals surface area contributed by atoms with E-state index < -0.39 is 172 Å². The molecule has 28 heteroatoms. The number of nitrogens with zero attached hydrogens (tertiary/aromatic N) is 9. The summed E-state index contributed by atoms with van der Waals surface area (Å²) >= 11 is 6.16. The number of alkyl halides is 3. The number of amides is 12. The molecule has 1 spiro atoms. The highest BCUT2D eigenvalue weighted by Gasteiger charge is 2.52. The number of hydrogen-bond donors (Lipinski definition) is 3. The number of fused-ring (bicyclic) bond motifs is 2. The first-order valence-corrected chi connectivity index (χ1v) is 36.2. The molecular formula is C71H108ClF3N12O12. The first-order valence-electron chi connectivity index (χ1n) is 35.8. The zero-order valence-electron chi connectivity index (χ0n) is 60.4. The summed E-state index contributed by atoms with van der Waals surface area (Å²) in [5.41, 5.74) is -2.35. The summed E-state index contributed by atoms with van der Waals surface area (Å²) in [6, 6.07) is -7.80. The van der Waals surface area contributed by atoms with Crippen molar-refractivity contribution in [3.8, 4) is 0 Å². The molecule has 0 aromatic heterocycles. The van der Waals surface area contributed by atoms with Gasteiger partial charge >= 0.3 is 6.18 Å². The molecule has 3 N–H and O–H groups in total. The highest BCUT2D eigenvalue weighted by atomic mass is 35.5. The molecule has 0 radical (unpaired) electrons. The molecule has 24 nitrogen and oxygen atoms in total. The van der Waals surface area contributed by atoms with E-state index in [1.807, 2.05) is 27.7 Å². The molecule has 4 saturated heterocycles. The molecular weight excluding hydrogens is 1310 g/mol. The van der Waals surface area contributed by atoms with Gasteiger partial charge in [0.2, 0.25) is 70.9 Å². The van der Waals surface area contributed by atoms with Gasteiger partial charge in [0.25, 0.3) is 0 Å². The first kappa shape index (κ1) is 79.3. The van der Waals surface area contributed by atoms with Gasteiger partial charge in [-0.1, -0.05) is 117 Å². The number of rotatable bonds is 12. The van der Waals surface area contributed by atoms with Gasteiger partial charge in [-0.05, 0) is 112 Å². The standard InChI is InChI=1S/C71H108ClF3N12O12/c1-14-43(5)58-67(97)80(9)45(7)62(92)87-36-30-52(87)65(95)82(11)54(39-46-23-17-16-18-24-46)64(94)79(8)41-56(88)76-50(29-27-47-26-28-48(49(72)38-47)71(73,74)75)63(93)86-35-21-25-51(86)61(91)78-70(31-19-20-32-70)69(99)84(13)59(44(6)15-2)68(98)83(12)55(66(96)85-33-22-34-85)40-57(89)81(10)53(37-42(3)4)60(90)77-58/h26,28,38,42-46,50-55,58-59H,14-25,27,29-37,39-41H2,1-13H3,(H,76,88)(H,77,90)(H,78,91)/t43-,44-,45-,50-,51-,52-,53-,54-,55-,58-,59-/m0/s1. The van der Waals surface area contributed by atoms with Crippen LogP contribution in [0.25, 0.3) is 0 Å². The fourth-order valence-electron chi connectivity index (χ4n) is 15.0. The minimum atomic E-state index is -4.76. The van der Waals surface area contributed by atoms with Crippen molar-refractivity contribution in [3.63, 3.8) is 0 Å². The number of carbonyl (C=O) groups is 12.